The van der Waals surface area contributed by atoms with Gasteiger partial charge in [-0.25, -0.2) is 4.39 Å². The van der Waals surface area contributed by atoms with Gasteiger partial charge in [0.15, 0.2) is 0 Å². The standard InChI is InChI=1S/C16H21FN2O/c1-11(13-6-5-12(9-18)8-14(13)17)19-15-4-3-7-16(15,2)10-20/h5-6,8,11,15,19-20H,3-4,7,10H2,1-2H3. The van der Waals surface area contributed by atoms with Gasteiger partial charge in [0.05, 0.1) is 11.6 Å². The first-order chi connectivity index (χ1) is 9.50. The summed E-state index contributed by atoms with van der Waals surface area (Å²) in [6, 6.07) is 6.56. The lowest BCUT2D eigenvalue weighted by Crippen LogP contribution is -2.43. The molecular weight excluding hydrogens is 255 g/mol. The molecule has 0 spiro atoms. The summed E-state index contributed by atoms with van der Waals surface area (Å²) in [5.41, 5.74) is 0.771. The van der Waals surface area contributed by atoms with Crippen LogP contribution in [0.1, 0.15) is 50.3 Å². The largest absolute Gasteiger partial charge is 0.396 e. The molecular formula is C16H21FN2O. The summed E-state index contributed by atoms with van der Waals surface area (Å²) in [7, 11) is 0. The molecule has 1 saturated carbocycles. The van der Waals surface area contributed by atoms with E-state index >= 15 is 0 Å². The minimum atomic E-state index is -0.354. The van der Waals surface area contributed by atoms with Gasteiger partial charge in [0.1, 0.15) is 5.82 Å². The topological polar surface area (TPSA) is 56.0 Å². The van der Waals surface area contributed by atoms with E-state index in [4.69, 9.17) is 5.26 Å². The van der Waals surface area contributed by atoms with Gasteiger partial charge in [0, 0.05) is 29.7 Å². The van der Waals surface area contributed by atoms with E-state index in [-0.39, 0.29) is 29.9 Å². The fraction of sp³-hybridized carbons (Fsp3) is 0.562. The summed E-state index contributed by atoms with van der Waals surface area (Å²) >= 11 is 0. The zero-order valence-corrected chi connectivity index (χ0v) is 12.0. The van der Waals surface area contributed by atoms with E-state index in [0.717, 1.165) is 19.3 Å². The molecule has 3 nitrogen and oxygen atoms in total. The molecule has 0 aromatic heterocycles. The molecule has 1 aromatic carbocycles. The van der Waals surface area contributed by atoms with Crippen LogP contribution < -0.4 is 5.32 Å². The Kier molecular flexibility index (Phi) is 4.42. The Labute approximate surface area is 119 Å². The molecule has 3 unspecified atom stereocenters. The van der Waals surface area contributed by atoms with Crippen LogP contribution in [0.3, 0.4) is 0 Å². The molecule has 1 fully saturated rings. The van der Waals surface area contributed by atoms with Crippen LogP contribution in [0.15, 0.2) is 18.2 Å². The van der Waals surface area contributed by atoms with E-state index in [2.05, 4.69) is 12.2 Å². The van der Waals surface area contributed by atoms with Gasteiger partial charge in [0.25, 0.3) is 0 Å². The highest BCUT2D eigenvalue weighted by Gasteiger charge is 2.38. The van der Waals surface area contributed by atoms with Crippen molar-refractivity contribution >= 4 is 0 Å². The molecule has 4 heteroatoms. The third-order valence-electron chi connectivity index (χ3n) is 4.49. The average molecular weight is 276 g/mol. The average Bonchev–Trinajstić information content (AvgIpc) is 2.80. The Balaban J connectivity index is 2.13. The minimum Gasteiger partial charge on any atom is -0.396 e. The molecule has 0 bridgehead atoms. The number of halogens is 1. The lowest BCUT2D eigenvalue weighted by atomic mass is 9.85. The monoisotopic (exact) mass is 276 g/mol. The van der Waals surface area contributed by atoms with Crippen molar-refractivity contribution in [3.05, 3.63) is 35.1 Å². The van der Waals surface area contributed by atoms with Crippen LogP contribution in [0.25, 0.3) is 0 Å². The predicted molar refractivity (Wildman–Crippen MR) is 75.5 cm³/mol. The Hall–Kier alpha value is -1.44. The highest BCUT2D eigenvalue weighted by Crippen LogP contribution is 2.38. The van der Waals surface area contributed by atoms with Crippen molar-refractivity contribution in [1.29, 1.82) is 5.26 Å². The molecule has 0 saturated heterocycles. The van der Waals surface area contributed by atoms with E-state index in [0.29, 0.717) is 11.1 Å². The number of nitrogens with one attached hydrogen (secondary N) is 1. The third kappa shape index (κ3) is 2.84. The second kappa shape index (κ2) is 5.90. The molecule has 108 valence electrons. The van der Waals surface area contributed by atoms with Crippen LogP contribution in [0.4, 0.5) is 4.39 Å². The Morgan fingerprint density at radius 1 is 1.60 bits per heavy atom. The number of nitrogens with zero attached hydrogens (tertiary/aromatic N) is 1. The smallest absolute Gasteiger partial charge is 0.129 e. The maximum absolute atomic E-state index is 14.0. The van der Waals surface area contributed by atoms with Crippen molar-refractivity contribution in [3.63, 3.8) is 0 Å². The van der Waals surface area contributed by atoms with Gasteiger partial charge in [-0.1, -0.05) is 19.4 Å². The molecule has 2 N–H and O–H groups in total. The number of nitriles is 1. The van der Waals surface area contributed by atoms with Gasteiger partial charge in [-0.3, -0.25) is 0 Å². The molecule has 2 rings (SSSR count). The van der Waals surface area contributed by atoms with Gasteiger partial charge in [-0.05, 0) is 31.9 Å². The van der Waals surface area contributed by atoms with Gasteiger partial charge in [0.2, 0.25) is 0 Å². The van der Waals surface area contributed by atoms with Crippen LogP contribution in [0.5, 0.6) is 0 Å². The van der Waals surface area contributed by atoms with Crippen molar-refractivity contribution in [1.82, 2.24) is 5.32 Å². The van der Waals surface area contributed by atoms with Crippen LogP contribution in [-0.4, -0.2) is 17.8 Å². The quantitative estimate of drug-likeness (QED) is 0.889. The lowest BCUT2D eigenvalue weighted by molar-refractivity contribution is 0.114. The summed E-state index contributed by atoms with van der Waals surface area (Å²) < 4.78 is 14.0. The van der Waals surface area contributed by atoms with E-state index in [9.17, 15) is 9.50 Å². The molecule has 1 aliphatic carbocycles. The van der Waals surface area contributed by atoms with Crippen molar-refractivity contribution < 1.29 is 9.50 Å². The summed E-state index contributed by atoms with van der Waals surface area (Å²) in [6.45, 7) is 4.13. The molecule has 20 heavy (non-hydrogen) atoms. The number of rotatable bonds is 4. The number of aliphatic hydroxyl groups excluding tert-OH is 1. The first-order valence-electron chi connectivity index (χ1n) is 7.06. The second-order valence-electron chi connectivity index (χ2n) is 5.99. The van der Waals surface area contributed by atoms with Crippen LogP contribution >= 0.6 is 0 Å². The summed E-state index contributed by atoms with van der Waals surface area (Å²) in [4.78, 5) is 0. The number of hydrogen-bond acceptors (Lipinski definition) is 3. The molecule has 1 aromatic rings. The second-order valence-corrected chi connectivity index (χ2v) is 5.99. The fourth-order valence-electron chi connectivity index (χ4n) is 3.05. The molecule has 1 aliphatic rings. The number of aliphatic hydroxyl groups is 1. The Morgan fingerprint density at radius 2 is 2.35 bits per heavy atom. The third-order valence-corrected chi connectivity index (χ3v) is 4.49. The highest BCUT2D eigenvalue weighted by atomic mass is 19.1. The van der Waals surface area contributed by atoms with E-state index in [1.165, 1.54) is 6.07 Å². The van der Waals surface area contributed by atoms with Crippen LogP contribution in [0.2, 0.25) is 0 Å². The highest BCUT2D eigenvalue weighted by molar-refractivity contribution is 5.34. The molecule has 0 heterocycles. The zero-order valence-electron chi connectivity index (χ0n) is 12.0. The van der Waals surface area contributed by atoms with Gasteiger partial charge in [-0.15, -0.1) is 0 Å². The Morgan fingerprint density at radius 3 is 2.95 bits per heavy atom. The molecule has 0 aliphatic heterocycles. The van der Waals surface area contributed by atoms with Crippen LogP contribution in [-0.2, 0) is 0 Å². The molecule has 0 amide bonds. The fourth-order valence-corrected chi connectivity index (χ4v) is 3.05. The van der Waals surface area contributed by atoms with Gasteiger partial charge < -0.3 is 10.4 Å². The molecule has 0 radical (unpaired) electrons. The zero-order chi connectivity index (χ0) is 14.8. The summed E-state index contributed by atoms with van der Waals surface area (Å²) in [6.07, 6.45) is 3.07. The number of hydrogen-bond donors (Lipinski definition) is 2. The summed E-state index contributed by atoms with van der Waals surface area (Å²) in [5.74, 6) is -0.354. The number of benzene rings is 1. The normalized spacial score (nSPS) is 27.2. The van der Waals surface area contributed by atoms with E-state index < -0.39 is 0 Å². The van der Waals surface area contributed by atoms with Crippen molar-refractivity contribution in [2.24, 2.45) is 5.41 Å². The lowest BCUT2D eigenvalue weighted by Gasteiger charge is -2.32. The van der Waals surface area contributed by atoms with Crippen LogP contribution in [0, 0.1) is 22.6 Å². The summed E-state index contributed by atoms with van der Waals surface area (Å²) in [5, 5.41) is 21.7. The SMILES string of the molecule is CC(NC1CCCC1(C)CO)c1ccc(C#N)cc1F. The van der Waals surface area contributed by atoms with E-state index in [1.54, 1.807) is 12.1 Å². The minimum absolute atomic E-state index is 0.128. The van der Waals surface area contributed by atoms with Crippen molar-refractivity contribution in [2.75, 3.05) is 6.61 Å². The van der Waals surface area contributed by atoms with Gasteiger partial charge >= 0.3 is 0 Å². The maximum Gasteiger partial charge on any atom is 0.129 e. The predicted octanol–water partition coefficient (Wildman–Crippen LogP) is 2.90. The van der Waals surface area contributed by atoms with Crippen molar-refractivity contribution in [3.8, 4) is 6.07 Å². The maximum atomic E-state index is 14.0. The van der Waals surface area contributed by atoms with Crippen molar-refractivity contribution in [2.45, 2.75) is 45.2 Å². The van der Waals surface area contributed by atoms with Gasteiger partial charge in [-0.2, -0.15) is 5.26 Å². The van der Waals surface area contributed by atoms with E-state index in [1.807, 2.05) is 13.0 Å². The Bertz CT molecular complexity index is 526. The molecule has 3 atom stereocenters. The first kappa shape index (κ1) is 15.0. The first-order valence-corrected chi connectivity index (χ1v) is 7.06.